The standard InChI is InChI=1S/C21H20O7/c1-11-7-14-16(8-12(11)2)28-20(21(19(14)24)27-10-18(22)23)13-5-6-15(25-3)17(9-13)26-4/h5-9H,10H2,1-4H3,(H,22,23)/p-1. The van der Waals surface area contributed by atoms with Crippen LogP contribution in [0, 0.1) is 13.8 Å². The van der Waals surface area contributed by atoms with E-state index in [1.165, 1.54) is 14.2 Å². The predicted molar refractivity (Wildman–Crippen MR) is 101 cm³/mol. The van der Waals surface area contributed by atoms with Crippen LogP contribution in [-0.4, -0.2) is 26.8 Å². The third-order valence-electron chi connectivity index (χ3n) is 4.45. The predicted octanol–water partition coefficient (Wildman–Crippen LogP) is 2.22. The fourth-order valence-corrected chi connectivity index (χ4v) is 2.86. The van der Waals surface area contributed by atoms with Crippen molar-refractivity contribution < 1.29 is 28.5 Å². The monoisotopic (exact) mass is 383 g/mol. The summed E-state index contributed by atoms with van der Waals surface area (Å²) in [5, 5.41) is 11.2. The molecule has 0 aliphatic carbocycles. The average molecular weight is 383 g/mol. The van der Waals surface area contributed by atoms with Gasteiger partial charge in [-0.2, -0.15) is 0 Å². The number of aliphatic carboxylic acids is 1. The maximum absolute atomic E-state index is 13.0. The normalized spacial score (nSPS) is 10.7. The zero-order valence-corrected chi connectivity index (χ0v) is 16.0. The largest absolute Gasteiger partial charge is 0.546 e. The maximum atomic E-state index is 13.0. The van der Waals surface area contributed by atoms with Crippen LogP contribution in [-0.2, 0) is 4.79 Å². The number of methoxy groups -OCH3 is 2. The minimum Gasteiger partial charge on any atom is -0.546 e. The van der Waals surface area contributed by atoms with E-state index in [1.54, 1.807) is 30.3 Å². The van der Waals surface area contributed by atoms with Gasteiger partial charge in [-0.05, 0) is 55.3 Å². The van der Waals surface area contributed by atoms with Crippen LogP contribution in [0.2, 0.25) is 0 Å². The first-order valence-electron chi connectivity index (χ1n) is 8.48. The second-order valence-electron chi connectivity index (χ2n) is 6.25. The van der Waals surface area contributed by atoms with Crippen molar-refractivity contribution in [3.05, 3.63) is 51.7 Å². The van der Waals surface area contributed by atoms with E-state index in [-0.39, 0.29) is 11.5 Å². The van der Waals surface area contributed by atoms with Crippen molar-refractivity contribution in [3.8, 4) is 28.6 Å². The summed E-state index contributed by atoms with van der Waals surface area (Å²) in [7, 11) is 2.99. The molecule has 3 aromatic rings. The Balaban J connectivity index is 2.30. The Bertz CT molecular complexity index is 1110. The van der Waals surface area contributed by atoms with Gasteiger partial charge in [0.1, 0.15) is 12.2 Å². The van der Waals surface area contributed by atoms with Gasteiger partial charge in [-0.1, -0.05) is 0 Å². The molecule has 0 atom stereocenters. The summed E-state index contributed by atoms with van der Waals surface area (Å²) in [5.74, 6) is -0.625. The first kappa shape index (κ1) is 19.3. The molecule has 0 radical (unpaired) electrons. The van der Waals surface area contributed by atoms with Crippen molar-refractivity contribution >= 4 is 16.9 Å². The molecule has 7 heteroatoms. The summed E-state index contributed by atoms with van der Waals surface area (Å²) in [4.78, 5) is 23.9. The molecular formula is C21H19O7-. The van der Waals surface area contributed by atoms with Gasteiger partial charge < -0.3 is 28.5 Å². The third-order valence-corrected chi connectivity index (χ3v) is 4.45. The van der Waals surface area contributed by atoms with E-state index in [9.17, 15) is 14.7 Å². The molecule has 0 saturated heterocycles. The van der Waals surface area contributed by atoms with E-state index < -0.39 is 18.0 Å². The number of carboxylic acids is 1. The van der Waals surface area contributed by atoms with Crippen molar-refractivity contribution in [2.75, 3.05) is 20.8 Å². The lowest BCUT2D eigenvalue weighted by atomic mass is 10.0. The van der Waals surface area contributed by atoms with Gasteiger partial charge in [0.15, 0.2) is 17.3 Å². The van der Waals surface area contributed by atoms with Gasteiger partial charge in [0.2, 0.25) is 11.2 Å². The van der Waals surface area contributed by atoms with Crippen LogP contribution < -0.4 is 24.7 Å². The molecule has 0 unspecified atom stereocenters. The summed E-state index contributed by atoms with van der Waals surface area (Å²) < 4.78 is 21.7. The molecule has 0 fully saturated rings. The van der Waals surface area contributed by atoms with Gasteiger partial charge in [-0.25, -0.2) is 0 Å². The zero-order valence-electron chi connectivity index (χ0n) is 16.0. The molecule has 0 aliphatic rings. The van der Waals surface area contributed by atoms with E-state index in [1.807, 2.05) is 13.8 Å². The molecule has 0 amide bonds. The number of fused-ring (bicyclic) bond motifs is 1. The molecule has 0 N–H and O–H groups in total. The average Bonchev–Trinajstić information content (AvgIpc) is 2.68. The van der Waals surface area contributed by atoms with Crippen LogP contribution in [0.1, 0.15) is 11.1 Å². The van der Waals surface area contributed by atoms with Crippen LogP contribution in [0.4, 0.5) is 0 Å². The molecule has 2 aromatic carbocycles. The topological polar surface area (TPSA) is 98.0 Å². The van der Waals surface area contributed by atoms with Gasteiger partial charge in [0.05, 0.1) is 25.6 Å². The van der Waals surface area contributed by atoms with Gasteiger partial charge in [0, 0.05) is 5.56 Å². The third kappa shape index (κ3) is 3.51. The molecule has 3 rings (SSSR count). The van der Waals surface area contributed by atoms with E-state index in [0.29, 0.717) is 28.0 Å². The minimum atomic E-state index is -1.45. The lowest BCUT2D eigenvalue weighted by molar-refractivity contribution is -0.307. The number of carboxylic acid groups (broad SMARTS) is 1. The summed E-state index contributed by atoms with van der Waals surface area (Å²) in [5.41, 5.74) is 2.25. The quantitative estimate of drug-likeness (QED) is 0.644. The zero-order chi connectivity index (χ0) is 20.4. The fraction of sp³-hybridized carbons (Fsp3) is 0.238. The molecule has 28 heavy (non-hydrogen) atoms. The van der Waals surface area contributed by atoms with Crippen molar-refractivity contribution in [1.29, 1.82) is 0 Å². The molecule has 0 bridgehead atoms. The molecular weight excluding hydrogens is 364 g/mol. The van der Waals surface area contributed by atoms with Gasteiger partial charge in [-0.3, -0.25) is 4.79 Å². The highest BCUT2D eigenvalue weighted by atomic mass is 16.5. The Morgan fingerprint density at radius 1 is 1.04 bits per heavy atom. The Morgan fingerprint density at radius 3 is 2.36 bits per heavy atom. The number of ether oxygens (including phenoxy) is 3. The van der Waals surface area contributed by atoms with Crippen LogP contribution >= 0.6 is 0 Å². The van der Waals surface area contributed by atoms with Crippen LogP contribution in [0.3, 0.4) is 0 Å². The second-order valence-corrected chi connectivity index (χ2v) is 6.25. The lowest BCUT2D eigenvalue weighted by Gasteiger charge is -2.14. The van der Waals surface area contributed by atoms with E-state index in [0.717, 1.165) is 11.1 Å². The SMILES string of the molecule is COc1ccc(-c2oc3cc(C)c(C)cc3c(=O)c2OCC(=O)[O-])cc1OC. The number of hydrogen-bond donors (Lipinski definition) is 0. The van der Waals surface area contributed by atoms with E-state index in [4.69, 9.17) is 18.6 Å². The highest BCUT2D eigenvalue weighted by molar-refractivity contribution is 5.84. The number of hydrogen-bond acceptors (Lipinski definition) is 7. The summed E-state index contributed by atoms with van der Waals surface area (Å²) in [6.45, 7) is 3.00. The Labute approximate surface area is 161 Å². The molecule has 0 aliphatic heterocycles. The molecule has 7 nitrogen and oxygen atoms in total. The van der Waals surface area contributed by atoms with Crippen molar-refractivity contribution in [2.45, 2.75) is 13.8 Å². The molecule has 1 aromatic heterocycles. The highest BCUT2D eigenvalue weighted by Gasteiger charge is 2.20. The van der Waals surface area contributed by atoms with E-state index in [2.05, 4.69) is 0 Å². The Morgan fingerprint density at radius 2 is 1.71 bits per heavy atom. The summed E-state index contributed by atoms with van der Waals surface area (Å²) in [6, 6.07) is 8.40. The Kier molecular flexibility index (Phi) is 5.26. The second kappa shape index (κ2) is 7.64. The number of carbonyl (C=O) groups is 1. The number of aryl methyl sites for hydroxylation is 2. The number of benzene rings is 2. The number of rotatable bonds is 6. The molecule has 1 heterocycles. The lowest BCUT2D eigenvalue weighted by Crippen LogP contribution is -2.30. The van der Waals surface area contributed by atoms with Gasteiger partial charge in [0.25, 0.3) is 0 Å². The number of carbonyl (C=O) groups excluding carboxylic acids is 1. The molecule has 0 saturated carbocycles. The van der Waals surface area contributed by atoms with Crippen molar-refractivity contribution in [1.82, 2.24) is 0 Å². The van der Waals surface area contributed by atoms with Crippen LogP contribution in [0.25, 0.3) is 22.3 Å². The van der Waals surface area contributed by atoms with E-state index >= 15 is 0 Å². The van der Waals surface area contributed by atoms with Crippen LogP contribution in [0.15, 0.2) is 39.5 Å². The summed E-state index contributed by atoms with van der Waals surface area (Å²) >= 11 is 0. The summed E-state index contributed by atoms with van der Waals surface area (Å²) in [6.07, 6.45) is 0. The van der Waals surface area contributed by atoms with Crippen molar-refractivity contribution in [3.63, 3.8) is 0 Å². The van der Waals surface area contributed by atoms with Gasteiger partial charge >= 0.3 is 0 Å². The molecule has 146 valence electrons. The smallest absolute Gasteiger partial charge is 0.235 e. The minimum absolute atomic E-state index is 0.1000. The first-order valence-corrected chi connectivity index (χ1v) is 8.48. The van der Waals surface area contributed by atoms with Gasteiger partial charge in [-0.15, -0.1) is 0 Å². The van der Waals surface area contributed by atoms with Crippen molar-refractivity contribution in [2.24, 2.45) is 0 Å². The Hall–Kier alpha value is -3.48. The highest BCUT2D eigenvalue weighted by Crippen LogP contribution is 2.37. The first-order chi connectivity index (χ1) is 13.3. The maximum Gasteiger partial charge on any atom is 0.235 e. The fourth-order valence-electron chi connectivity index (χ4n) is 2.86. The van der Waals surface area contributed by atoms with Crippen LogP contribution in [0.5, 0.6) is 17.2 Å². The molecule has 0 spiro atoms.